The Labute approximate surface area is 101 Å². The molecule has 1 unspecified atom stereocenters. The summed E-state index contributed by atoms with van der Waals surface area (Å²) in [6, 6.07) is 6.11. The van der Waals surface area contributed by atoms with Crippen molar-refractivity contribution in [2.75, 3.05) is 26.0 Å². The van der Waals surface area contributed by atoms with Crippen molar-refractivity contribution in [3.63, 3.8) is 0 Å². The molecule has 4 heteroatoms. The van der Waals surface area contributed by atoms with Gasteiger partial charge < -0.3 is 10.5 Å². The van der Waals surface area contributed by atoms with E-state index in [2.05, 4.69) is 11.9 Å². The Kier molecular flexibility index (Phi) is 3.69. The van der Waals surface area contributed by atoms with Crippen molar-refractivity contribution >= 4 is 17.3 Å². The number of nitrogens with two attached hydrogens (primary N) is 1. The van der Waals surface area contributed by atoms with Gasteiger partial charge in [0.15, 0.2) is 0 Å². The van der Waals surface area contributed by atoms with Crippen LogP contribution in [0.5, 0.6) is 0 Å². The summed E-state index contributed by atoms with van der Waals surface area (Å²) in [4.78, 5) is 2.27. The first-order valence-corrected chi connectivity index (χ1v) is 5.86. The van der Waals surface area contributed by atoms with Gasteiger partial charge in [0, 0.05) is 29.9 Å². The summed E-state index contributed by atoms with van der Waals surface area (Å²) in [5, 5.41) is 0.778. The number of nitrogens with zero attached hydrogens (tertiary/aromatic N) is 1. The molecule has 0 aliphatic carbocycles. The number of ether oxygens (including phenoxy) is 1. The highest BCUT2D eigenvalue weighted by Gasteiger charge is 2.20. The van der Waals surface area contributed by atoms with E-state index < -0.39 is 0 Å². The van der Waals surface area contributed by atoms with Crippen LogP contribution in [0.3, 0.4) is 0 Å². The Bertz CT molecular complexity index is 364. The fraction of sp³-hybridized carbons (Fsp3) is 0.500. The maximum absolute atomic E-state index is 6.13. The van der Waals surface area contributed by atoms with Crippen LogP contribution in [0.15, 0.2) is 18.2 Å². The molecule has 0 spiro atoms. The molecule has 1 fully saturated rings. The van der Waals surface area contributed by atoms with E-state index >= 15 is 0 Å². The zero-order valence-corrected chi connectivity index (χ0v) is 10.2. The van der Waals surface area contributed by atoms with Crippen LogP contribution in [0, 0.1) is 0 Å². The first kappa shape index (κ1) is 11.7. The second-order valence-electron chi connectivity index (χ2n) is 4.28. The lowest BCUT2D eigenvalue weighted by Gasteiger charge is -2.23. The Morgan fingerprint density at radius 2 is 2.38 bits per heavy atom. The Hall–Kier alpha value is -0.770. The molecule has 1 aromatic rings. The van der Waals surface area contributed by atoms with Crippen LogP contribution in [0.25, 0.3) is 0 Å². The van der Waals surface area contributed by atoms with Gasteiger partial charge in [0.25, 0.3) is 0 Å². The van der Waals surface area contributed by atoms with Crippen molar-refractivity contribution in [3.8, 4) is 0 Å². The third-order valence-corrected chi connectivity index (χ3v) is 3.39. The SMILES string of the molecule is CN(Cc1cc(N)ccc1Cl)C1CCOC1. The molecule has 0 amide bonds. The molecule has 3 nitrogen and oxygen atoms in total. The maximum Gasteiger partial charge on any atom is 0.0622 e. The van der Waals surface area contributed by atoms with Crippen LogP contribution in [-0.2, 0) is 11.3 Å². The van der Waals surface area contributed by atoms with Gasteiger partial charge in [-0.05, 0) is 37.2 Å². The molecule has 1 aliphatic heterocycles. The lowest BCUT2D eigenvalue weighted by Crippen LogP contribution is -2.31. The van der Waals surface area contributed by atoms with Crippen molar-refractivity contribution in [3.05, 3.63) is 28.8 Å². The van der Waals surface area contributed by atoms with Gasteiger partial charge in [0.05, 0.1) is 6.61 Å². The average Bonchev–Trinajstić information content (AvgIpc) is 2.76. The summed E-state index contributed by atoms with van der Waals surface area (Å²) in [5.74, 6) is 0. The molecule has 88 valence electrons. The van der Waals surface area contributed by atoms with Crippen LogP contribution in [0.4, 0.5) is 5.69 Å². The largest absolute Gasteiger partial charge is 0.399 e. The highest BCUT2D eigenvalue weighted by Crippen LogP contribution is 2.22. The average molecular weight is 241 g/mol. The molecule has 16 heavy (non-hydrogen) atoms. The smallest absolute Gasteiger partial charge is 0.0622 e. The Morgan fingerprint density at radius 1 is 1.56 bits per heavy atom. The maximum atomic E-state index is 6.13. The highest BCUT2D eigenvalue weighted by atomic mass is 35.5. The fourth-order valence-electron chi connectivity index (χ4n) is 1.98. The van der Waals surface area contributed by atoms with E-state index in [1.807, 2.05) is 18.2 Å². The number of benzene rings is 1. The number of anilines is 1. The first-order valence-electron chi connectivity index (χ1n) is 5.48. The molecule has 1 saturated heterocycles. The quantitative estimate of drug-likeness (QED) is 0.823. The molecule has 2 rings (SSSR count). The summed E-state index contributed by atoms with van der Waals surface area (Å²) in [5.41, 5.74) is 7.59. The summed E-state index contributed by atoms with van der Waals surface area (Å²) in [6.45, 7) is 2.49. The van der Waals surface area contributed by atoms with Gasteiger partial charge in [-0.3, -0.25) is 4.90 Å². The summed E-state index contributed by atoms with van der Waals surface area (Å²) < 4.78 is 5.37. The summed E-state index contributed by atoms with van der Waals surface area (Å²) in [7, 11) is 2.10. The first-order chi connectivity index (χ1) is 7.66. The Morgan fingerprint density at radius 3 is 3.06 bits per heavy atom. The van der Waals surface area contributed by atoms with Crippen LogP contribution >= 0.6 is 11.6 Å². The number of rotatable bonds is 3. The predicted octanol–water partition coefficient (Wildman–Crippen LogP) is 2.14. The molecule has 1 aliphatic rings. The van der Waals surface area contributed by atoms with Crippen molar-refractivity contribution in [1.29, 1.82) is 0 Å². The molecule has 1 atom stereocenters. The Balaban J connectivity index is 2.04. The molecule has 0 aromatic heterocycles. The minimum Gasteiger partial charge on any atom is -0.399 e. The van der Waals surface area contributed by atoms with Crippen LogP contribution in [0.1, 0.15) is 12.0 Å². The molecule has 0 bridgehead atoms. The normalized spacial score (nSPS) is 20.6. The zero-order valence-electron chi connectivity index (χ0n) is 9.45. The van der Waals surface area contributed by atoms with Gasteiger partial charge in [-0.15, -0.1) is 0 Å². The van der Waals surface area contributed by atoms with E-state index in [9.17, 15) is 0 Å². The van der Waals surface area contributed by atoms with Gasteiger partial charge in [0.2, 0.25) is 0 Å². The van der Waals surface area contributed by atoms with Crippen molar-refractivity contribution in [2.45, 2.75) is 19.0 Å². The monoisotopic (exact) mass is 240 g/mol. The van der Waals surface area contributed by atoms with Crippen LogP contribution < -0.4 is 5.73 Å². The standard InChI is InChI=1S/C12H17ClN2O/c1-15(11-4-5-16-8-11)7-9-6-10(14)2-3-12(9)13/h2-3,6,11H,4-5,7-8,14H2,1H3. The van der Waals surface area contributed by atoms with E-state index in [4.69, 9.17) is 22.1 Å². The van der Waals surface area contributed by atoms with Crippen molar-refractivity contribution < 1.29 is 4.74 Å². The number of hydrogen-bond donors (Lipinski definition) is 1. The lowest BCUT2D eigenvalue weighted by molar-refractivity contribution is 0.156. The van der Waals surface area contributed by atoms with Gasteiger partial charge >= 0.3 is 0 Å². The van der Waals surface area contributed by atoms with Crippen molar-refractivity contribution in [1.82, 2.24) is 4.90 Å². The van der Waals surface area contributed by atoms with Gasteiger partial charge in [-0.1, -0.05) is 11.6 Å². The summed E-state index contributed by atoms with van der Waals surface area (Å²) >= 11 is 6.13. The van der Waals surface area contributed by atoms with E-state index in [-0.39, 0.29) is 0 Å². The third kappa shape index (κ3) is 2.67. The fourth-order valence-corrected chi connectivity index (χ4v) is 2.16. The topological polar surface area (TPSA) is 38.5 Å². The van der Waals surface area contributed by atoms with Crippen LogP contribution in [-0.4, -0.2) is 31.2 Å². The van der Waals surface area contributed by atoms with E-state index in [0.29, 0.717) is 6.04 Å². The van der Waals surface area contributed by atoms with Gasteiger partial charge in [0.1, 0.15) is 0 Å². The number of hydrogen-bond acceptors (Lipinski definition) is 3. The van der Waals surface area contributed by atoms with E-state index in [1.165, 1.54) is 0 Å². The van der Waals surface area contributed by atoms with Crippen molar-refractivity contribution in [2.24, 2.45) is 0 Å². The molecule has 0 radical (unpaired) electrons. The molecule has 1 aromatic carbocycles. The molecule has 2 N–H and O–H groups in total. The highest BCUT2D eigenvalue weighted by molar-refractivity contribution is 6.31. The number of nitrogen functional groups attached to an aromatic ring is 1. The van der Waals surface area contributed by atoms with Gasteiger partial charge in [-0.25, -0.2) is 0 Å². The third-order valence-electron chi connectivity index (χ3n) is 3.02. The number of halogens is 1. The molecule has 0 saturated carbocycles. The second kappa shape index (κ2) is 5.04. The minimum atomic E-state index is 0.498. The van der Waals surface area contributed by atoms with Gasteiger partial charge in [-0.2, -0.15) is 0 Å². The van der Waals surface area contributed by atoms with E-state index in [1.54, 1.807) is 0 Å². The molecular formula is C12H17ClN2O. The summed E-state index contributed by atoms with van der Waals surface area (Å²) in [6.07, 6.45) is 1.09. The van der Waals surface area contributed by atoms with E-state index in [0.717, 1.165) is 42.5 Å². The molecule has 1 heterocycles. The lowest BCUT2D eigenvalue weighted by atomic mass is 10.1. The minimum absolute atomic E-state index is 0.498. The second-order valence-corrected chi connectivity index (χ2v) is 4.69. The predicted molar refractivity (Wildman–Crippen MR) is 66.6 cm³/mol. The number of likely N-dealkylation sites (N-methyl/N-ethyl adjacent to an activating group) is 1. The van der Waals surface area contributed by atoms with Crippen LogP contribution in [0.2, 0.25) is 5.02 Å². The zero-order chi connectivity index (χ0) is 11.5. The molecular weight excluding hydrogens is 224 g/mol.